The molecule has 0 aromatic heterocycles. The van der Waals surface area contributed by atoms with E-state index in [1.54, 1.807) is 46.8 Å². The van der Waals surface area contributed by atoms with Gasteiger partial charge >= 0.3 is 12.1 Å². The molecule has 0 saturated heterocycles. The summed E-state index contributed by atoms with van der Waals surface area (Å²) in [7, 11) is 8.38. The molecule has 105 heavy (non-hydrogen) atoms. The number of hydrogen-bond acceptors (Lipinski definition) is 15. The fraction of sp³-hybridized carbons (Fsp3) is 0.667. The molecule has 1 aliphatic rings. The number of aliphatic hydroxyl groups excluding tert-OH is 2. The van der Waals surface area contributed by atoms with Crippen LogP contribution in [0.5, 0.6) is 0 Å². The minimum Gasteiger partial charge on any atom is -0.480 e. The number of nitrogens with one attached hydrogen (secondary N) is 5. The molecule has 11 amide bonds. The van der Waals surface area contributed by atoms with Gasteiger partial charge in [0.15, 0.2) is 6.04 Å². The molecular formula is C78H125N11O16. The first-order chi connectivity index (χ1) is 48.8. The highest BCUT2D eigenvalue weighted by molar-refractivity contribution is 5.99. The highest BCUT2D eigenvalue weighted by Gasteiger charge is 2.45. The van der Waals surface area contributed by atoms with Crippen molar-refractivity contribution in [2.24, 2.45) is 41.4 Å². The van der Waals surface area contributed by atoms with E-state index in [4.69, 9.17) is 4.74 Å². The largest absolute Gasteiger partial charge is 0.480 e. The molecule has 588 valence electrons. The molecule has 27 heteroatoms. The number of benzene rings is 2. The van der Waals surface area contributed by atoms with Crippen molar-refractivity contribution in [3.63, 3.8) is 0 Å². The molecule has 2 aromatic rings. The van der Waals surface area contributed by atoms with Gasteiger partial charge in [-0.15, -0.1) is 0 Å². The van der Waals surface area contributed by atoms with Crippen LogP contribution in [0, 0.1) is 41.4 Å². The molecule has 0 spiro atoms. The molecule has 0 radical (unpaired) electrons. The molecule has 3 rings (SSSR count). The van der Waals surface area contributed by atoms with Crippen LogP contribution in [0.25, 0.3) is 11.1 Å². The van der Waals surface area contributed by atoms with Crippen LogP contribution < -0.4 is 26.6 Å². The Hall–Kier alpha value is -8.46. The average molecular weight is 1470 g/mol. The van der Waals surface area contributed by atoms with Gasteiger partial charge in [-0.3, -0.25) is 52.8 Å². The Labute approximate surface area is 623 Å². The van der Waals surface area contributed by atoms with Gasteiger partial charge in [0.1, 0.15) is 67.0 Å². The summed E-state index contributed by atoms with van der Waals surface area (Å²) in [6.07, 6.45) is 0.567. The Morgan fingerprint density at radius 2 is 0.838 bits per heavy atom. The predicted octanol–water partition coefficient (Wildman–Crippen LogP) is 6.17. The van der Waals surface area contributed by atoms with Crippen LogP contribution >= 0.6 is 0 Å². The van der Waals surface area contributed by atoms with Crippen molar-refractivity contribution in [2.45, 2.75) is 248 Å². The minimum atomic E-state index is -1.79. The lowest BCUT2D eigenvalue weighted by Gasteiger charge is -2.40. The Kier molecular flexibility index (Phi) is 35.8. The first-order valence-corrected chi connectivity index (χ1v) is 37.0. The van der Waals surface area contributed by atoms with Crippen molar-refractivity contribution in [3.8, 4) is 11.1 Å². The number of carboxylic acids is 1. The zero-order chi connectivity index (χ0) is 80.1. The maximum absolute atomic E-state index is 14.8. The van der Waals surface area contributed by atoms with Gasteiger partial charge in [-0.1, -0.05) is 151 Å². The number of rotatable bonds is 40. The van der Waals surface area contributed by atoms with E-state index < -0.39 is 162 Å². The molecular weight excluding hydrogens is 1350 g/mol. The number of carbonyl (C=O) groups is 12. The summed E-state index contributed by atoms with van der Waals surface area (Å²) in [5.41, 5.74) is 4.18. The van der Waals surface area contributed by atoms with Gasteiger partial charge in [0.2, 0.25) is 59.1 Å². The number of nitrogens with zero attached hydrogens (tertiary/aromatic N) is 6. The minimum absolute atomic E-state index is 0.0330. The molecule has 1 aliphatic carbocycles. The average Bonchev–Trinajstić information content (AvgIpc) is 1.63. The lowest BCUT2D eigenvalue weighted by molar-refractivity contribution is -0.155. The molecule has 8 N–H and O–H groups in total. The second-order valence-corrected chi connectivity index (χ2v) is 31.1. The fourth-order valence-electron chi connectivity index (χ4n) is 13.3. The number of carbonyl (C=O) groups excluding carboxylic acids is 11. The SMILES string of the molecule is C/C=C/C[C@@H](C)[C@@H](O)[C@@H](C(=O)N[C@H](C(=O)O)[C@@H](C)O)N(C)C(=O)[C@H](C(C)C)N(C)C(=O)[C@H](CC(C)C)NC(=O)[C@H](CC(C)C)N(C)C(=O)[C@@H](C)NC(=O)[C@H](C)NC(=O)[C@H](CC(C)C)N(C)C(=O)[C@H](CC(C)C)NC(=O)[C@H](CC(C)C)N(C)C(=O)[C@@H](C)N(C)C(=O)OCC1c2ccccc2-c2ccccc21. The van der Waals surface area contributed by atoms with E-state index in [2.05, 4.69) is 26.6 Å². The summed E-state index contributed by atoms with van der Waals surface area (Å²) >= 11 is 0. The molecule has 14 atom stereocenters. The van der Waals surface area contributed by atoms with Gasteiger partial charge in [-0.2, -0.15) is 0 Å². The summed E-state index contributed by atoms with van der Waals surface area (Å²) < 4.78 is 5.87. The first-order valence-electron chi connectivity index (χ1n) is 37.0. The van der Waals surface area contributed by atoms with Crippen molar-refractivity contribution >= 4 is 71.1 Å². The fourth-order valence-corrected chi connectivity index (χ4v) is 13.3. The molecule has 0 bridgehead atoms. The van der Waals surface area contributed by atoms with E-state index in [0.29, 0.717) is 0 Å². The monoisotopic (exact) mass is 1470 g/mol. The number of aliphatic carboxylic acids is 1. The molecule has 27 nitrogen and oxygen atoms in total. The Balaban J connectivity index is 1.82. The third-order valence-corrected chi connectivity index (χ3v) is 19.5. The van der Waals surface area contributed by atoms with Crippen molar-refractivity contribution in [3.05, 3.63) is 71.8 Å². The van der Waals surface area contributed by atoms with Crippen molar-refractivity contribution in [1.29, 1.82) is 0 Å². The highest BCUT2D eigenvalue weighted by atomic mass is 16.6. The van der Waals surface area contributed by atoms with Crippen molar-refractivity contribution in [2.75, 3.05) is 48.9 Å². The van der Waals surface area contributed by atoms with Crippen LogP contribution in [0.4, 0.5) is 4.79 Å². The summed E-state index contributed by atoms with van der Waals surface area (Å²) in [5.74, 6) is -11.1. The summed E-state index contributed by atoms with van der Waals surface area (Å²) in [5, 5.41) is 45.1. The molecule has 0 fully saturated rings. The molecule has 2 aromatic carbocycles. The number of likely N-dealkylation sites (N-methyl/N-ethyl adjacent to an activating group) is 6. The molecule has 0 aliphatic heterocycles. The predicted molar refractivity (Wildman–Crippen MR) is 402 cm³/mol. The lowest BCUT2D eigenvalue weighted by atomic mass is 9.91. The zero-order valence-electron chi connectivity index (χ0n) is 66.7. The van der Waals surface area contributed by atoms with Crippen LogP contribution in [-0.4, -0.2) is 243 Å². The van der Waals surface area contributed by atoms with Gasteiger partial charge in [0, 0.05) is 48.2 Å². The number of carboxylic acid groups (broad SMARTS) is 1. The van der Waals surface area contributed by atoms with Crippen LogP contribution in [-0.2, 0) is 57.5 Å². The standard InChI is InChI=1S/C78H125N11O16/c1-25-26-31-48(14)66(91)65(71(96)83-63(52(18)90)77(102)103)89(24)76(101)64(47(12)13)88(23)75(100)59(37-43(4)5)82-69(94)61(39-45(8)9)85(20)72(97)50(16)80-67(92)49(15)79-68(93)60(38-44(6)7)87(22)74(99)58(36-42(2)3)81-70(95)62(40-46(10)11)86(21)73(98)51(17)84(19)78(104)105-41-57-55-34-29-27-32-53(55)54-33-28-30-35-56(54)57/h25-30,32-35,42-52,57-66,90-91H,31,36-41H2,1-24H3,(H,79,93)(H,80,92)(H,81,95)(H,82,94)(H,83,96)(H,102,103)/b26-25+/t48-,49+,50-,51-,52-,58+,59+,60+,61+,62+,63+,64+,65+,66-/m1/s1. The second-order valence-electron chi connectivity index (χ2n) is 31.1. The van der Waals surface area contributed by atoms with Crippen molar-refractivity contribution in [1.82, 2.24) is 56.0 Å². The van der Waals surface area contributed by atoms with Crippen LogP contribution in [0.2, 0.25) is 0 Å². The number of ether oxygens (including phenoxy) is 1. The summed E-state index contributed by atoms with van der Waals surface area (Å²) in [6.45, 7) is 30.8. The van der Waals surface area contributed by atoms with E-state index in [-0.39, 0.29) is 80.6 Å². The smallest absolute Gasteiger partial charge is 0.410 e. The topological polar surface area (TPSA) is 354 Å². The number of hydrogen-bond donors (Lipinski definition) is 8. The third kappa shape index (κ3) is 25.1. The Morgan fingerprint density at radius 1 is 0.448 bits per heavy atom. The van der Waals surface area contributed by atoms with Crippen LogP contribution in [0.1, 0.15) is 180 Å². The molecule has 0 unspecified atom stereocenters. The van der Waals surface area contributed by atoms with Crippen molar-refractivity contribution < 1.29 is 77.6 Å². The van der Waals surface area contributed by atoms with Gasteiger partial charge in [-0.05, 0) is 137 Å². The number of aliphatic hydroxyl groups is 2. The van der Waals surface area contributed by atoms with Gasteiger partial charge in [0.25, 0.3) is 0 Å². The van der Waals surface area contributed by atoms with E-state index in [1.165, 1.54) is 75.7 Å². The second kappa shape index (κ2) is 41.4. The number of amides is 11. The van der Waals surface area contributed by atoms with Gasteiger partial charge in [-0.25, -0.2) is 9.59 Å². The molecule has 0 heterocycles. The van der Waals surface area contributed by atoms with E-state index in [9.17, 15) is 72.9 Å². The molecule has 0 saturated carbocycles. The normalized spacial score (nSPS) is 16.2. The Bertz CT molecular complexity index is 3290. The van der Waals surface area contributed by atoms with Crippen LogP contribution in [0.3, 0.4) is 0 Å². The number of fused-ring (bicyclic) bond motifs is 3. The third-order valence-electron chi connectivity index (χ3n) is 19.5. The first kappa shape index (κ1) is 90.8. The lowest BCUT2D eigenvalue weighted by Crippen LogP contribution is -2.63. The maximum atomic E-state index is 14.8. The van der Waals surface area contributed by atoms with Gasteiger partial charge < -0.3 is 71.1 Å². The van der Waals surface area contributed by atoms with Crippen LogP contribution in [0.15, 0.2) is 60.7 Å². The maximum Gasteiger partial charge on any atom is 0.410 e. The van der Waals surface area contributed by atoms with Gasteiger partial charge in [0.05, 0.1) is 12.2 Å². The summed E-state index contributed by atoms with van der Waals surface area (Å²) in [4.78, 5) is 178. The quantitative estimate of drug-likeness (QED) is 0.0346. The van der Waals surface area contributed by atoms with E-state index in [0.717, 1.165) is 39.0 Å². The zero-order valence-corrected chi connectivity index (χ0v) is 66.7. The van der Waals surface area contributed by atoms with E-state index >= 15 is 0 Å². The summed E-state index contributed by atoms with van der Waals surface area (Å²) in [6, 6.07) is 1.52. The number of allylic oxidation sites excluding steroid dienone is 2. The highest BCUT2D eigenvalue weighted by Crippen LogP contribution is 2.44. The van der Waals surface area contributed by atoms with E-state index in [1.807, 2.05) is 118 Å². The Morgan fingerprint density at radius 3 is 1.25 bits per heavy atom.